The van der Waals surface area contributed by atoms with Crippen LogP contribution in [0.5, 0.6) is 5.75 Å². The monoisotopic (exact) mass is 472 g/mol. The summed E-state index contributed by atoms with van der Waals surface area (Å²) in [7, 11) is 0. The van der Waals surface area contributed by atoms with Crippen LogP contribution >= 0.6 is 11.6 Å². The van der Waals surface area contributed by atoms with E-state index in [0.29, 0.717) is 24.7 Å². The lowest BCUT2D eigenvalue weighted by Crippen LogP contribution is -2.10. The van der Waals surface area contributed by atoms with Gasteiger partial charge >= 0.3 is 5.97 Å². The number of imidazole rings is 1. The van der Waals surface area contributed by atoms with Gasteiger partial charge in [-0.05, 0) is 55.7 Å². The van der Waals surface area contributed by atoms with Crippen molar-refractivity contribution in [2.45, 2.75) is 33.7 Å². The molecule has 1 atom stereocenters. The standard InChI is InChI=1S/C22H24N2O3.C4H6ClF/c1-4-15(3)14-24-19-9-7-6-8-18(19)23-21(24)13-16-10-11-17(22(25)26)20(12-16)27-5-2;1-4(6)2-3-5/h4,6-12,15H,1,5,13-14H2,2-3H3,(H,25,26);2H,3H2,1H3/b;4-2+. The second-order valence-electron chi connectivity index (χ2n) is 7.53. The summed E-state index contributed by atoms with van der Waals surface area (Å²) in [5.41, 5.74) is 3.19. The smallest absolute Gasteiger partial charge is 0.339 e. The van der Waals surface area contributed by atoms with Gasteiger partial charge in [-0.2, -0.15) is 0 Å². The third kappa shape index (κ3) is 7.46. The van der Waals surface area contributed by atoms with E-state index in [2.05, 4.69) is 24.1 Å². The highest BCUT2D eigenvalue weighted by Crippen LogP contribution is 2.25. The Morgan fingerprint density at radius 1 is 1.33 bits per heavy atom. The predicted octanol–water partition coefficient (Wildman–Crippen LogP) is 6.64. The van der Waals surface area contributed by atoms with Crippen LogP contribution in [0.2, 0.25) is 0 Å². The van der Waals surface area contributed by atoms with Crippen LogP contribution in [0.4, 0.5) is 4.39 Å². The van der Waals surface area contributed by atoms with Gasteiger partial charge in [0.15, 0.2) is 0 Å². The molecular formula is C26H30ClFN2O3. The van der Waals surface area contributed by atoms with Crippen molar-refractivity contribution in [2.75, 3.05) is 12.5 Å². The Morgan fingerprint density at radius 3 is 2.64 bits per heavy atom. The van der Waals surface area contributed by atoms with Gasteiger partial charge in [0.05, 0.1) is 23.5 Å². The molecule has 0 radical (unpaired) electrons. The van der Waals surface area contributed by atoms with Gasteiger partial charge in [-0.3, -0.25) is 0 Å². The largest absolute Gasteiger partial charge is 0.493 e. The Labute approximate surface area is 199 Å². The molecule has 2 aromatic carbocycles. The molecule has 1 N–H and O–H groups in total. The molecular weight excluding hydrogens is 443 g/mol. The SMILES string of the molecule is C/C(F)=C\CCl.C=CC(C)Cn1c(Cc2ccc(C(=O)O)c(OCC)c2)nc2ccccc21. The predicted molar refractivity (Wildman–Crippen MR) is 132 cm³/mol. The van der Waals surface area contributed by atoms with Crippen LogP contribution < -0.4 is 4.74 Å². The van der Waals surface area contributed by atoms with E-state index in [1.165, 1.54) is 13.0 Å². The first-order valence-electron chi connectivity index (χ1n) is 10.7. The molecule has 176 valence electrons. The van der Waals surface area contributed by atoms with Crippen LogP contribution in [0.15, 0.2) is 67.0 Å². The summed E-state index contributed by atoms with van der Waals surface area (Å²) in [6.07, 6.45) is 3.84. The molecule has 0 fully saturated rings. The molecule has 1 unspecified atom stereocenters. The van der Waals surface area contributed by atoms with Gasteiger partial charge in [0, 0.05) is 18.8 Å². The fraction of sp³-hybridized carbons (Fsp3) is 0.308. The Balaban J connectivity index is 0.000000569. The van der Waals surface area contributed by atoms with Crippen molar-refractivity contribution in [3.05, 3.63) is 84.0 Å². The van der Waals surface area contributed by atoms with Crippen molar-refractivity contribution in [1.82, 2.24) is 9.55 Å². The number of ether oxygens (including phenoxy) is 1. The maximum absolute atomic E-state index is 11.5. The third-order valence-corrected chi connectivity index (χ3v) is 5.06. The first kappa shape index (κ1) is 26.1. The van der Waals surface area contributed by atoms with E-state index >= 15 is 0 Å². The number of carboxylic acids is 1. The van der Waals surface area contributed by atoms with E-state index in [-0.39, 0.29) is 17.3 Å². The lowest BCUT2D eigenvalue weighted by molar-refractivity contribution is 0.0692. The molecule has 3 rings (SSSR count). The molecule has 1 aromatic heterocycles. The number of fused-ring (bicyclic) bond motifs is 1. The van der Waals surface area contributed by atoms with Crippen molar-refractivity contribution in [1.29, 1.82) is 0 Å². The quantitative estimate of drug-likeness (QED) is 0.280. The van der Waals surface area contributed by atoms with E-state index in [4.69, 9.17) is 21.3 Å². The summed E-state index contributed by atoms with van der Waals surface area (Å²) < 4.78 is 19.2. The number of benzene rings is 2. The van der Waals surface area contributed by atoms with Gasteiger partial charge in [0.25, 0.3) is 0 Å². The fourth-order valence-corrected chi connectivity index (χ4v) is 3.46. The number of alkyl halides is 1. The van der Waals surface area contributed by atoms with Crippen molar-refractivity contribution in [3.63, 3.8) is 0 Å². The normalized spacial score (nSPS) is 12.1. The highest BCUT2D eigenvalue weighted by atomic mass is 35.5. The molecule has 0 aliphatic carbocycles. The molecule has 7 heteroatoms. The number of aromatic nitrogens is 2. The number of allylic oxidation sites excluding steroid dienone is 3. The number of carbonyl (C=O) groups is 1. The van der Waals surface area contributed by atoms with Crippen molar-refractivity contribution in [2.24, 2.45) is 5.92 Å². The molecule has 0 saturated carbocycles. The number of carboxylic acid groups (broad SMARTS) is 1. The molecule has 0 amide bonds. The van der Waals surface area contributed by atoms with Crippen LogP contribution in [0.3, 0.4) is 0 Å². The fourth-order valence-electron chi connectivity index (χ4n) is 3.24. The van der Waals surface area contributed by atoms with E-state index in [1.807, 2.05) is 37.3 Å². The second-order valence-corrected chi connectivity index (χ2v) is 7.84. The average molecular weight is 473 g/mol. The van der Waals surface area contributed by atoms with E-state index in [1.54, 1.807) is 12.1 Å². The highest BCUT2D eigenvalue weighted by molar-refractivity contribution is 6.18. The maximum atomic E-state index is 11.5. The minimum Gasteiger partial charge on any atom is -0.493 e. The van der Waals surface area contributed by atoms with E-state index in [0.717, 1.165) is 29.0 Å². The summed E-state index contributed by atoms with van der Waals surface area (Å²) >= 11 is 5.08. The van der Waals surface area contributed by atoms with Crippen LogP contribution in [0.1, 0.15) is 42.5 Å². The Bertz CT molecular complexity index is 1120. The molecule has 0 spiro atoms. The Morgan fingerprint density at radius 2 is 2.06 bits per heavy atom. The number of hydrogen-bond donors (Lipinski definition) is 1. The molecule has 0 saturated heterocycles. The van der Waals surface area contributed by atoms with Crippen LogP contribution in [-0.4, -0.2) is 33.1 Å². The van der Waals surface area contributed by atoms with Crippen LogP contribution in [0, 0.1) is 5.92 Å². The molecule has 3 aromatic rings. The number of hydrogen-bond acceptors (Lipinski definition) is 3. The zero-order chi connectivity index (χ0) is 24.4. The number of aromatic carboxylic acids is 1. The molecule has 5 nitrogen and oxygen atoms in total. The number of para-hydroxylation sites is 2. The molecule has 1 heterocycles. The maximum Gasteiger partial charge on any atom is 0.339 e. The topological polar surface area (TPSA) is 64.4 Å². The van der Waals surface area contributed by atoms with Gasteiger partial charge in [-0.25, -0.2) is 14.2 Å². The van der Waals surface area contributed by atoms with Gasteiger partial charge in [-0.1, -0.05) is 31.2 Å². The molecule has 0 bridgehead atoms. The number of halogens is 2. The van der Waals surface area contributed by atoms with Gasteiger partial charge in [0.1, 0.15) is 17.1 Å². The Kier molecular flexibility index (Phi) is 10.1. The van der Waals surface area contributed by atoms with Crippen molar-refractivity contribution in [3.8, 4) is 5.75 Å². The summed E-state index contributed by atoms with van der Waals surface area (Å²) in [6, 6.07) is 13.3. The van der Waals surface area contributed by atoms with Crippen LogP contribution in [0.25, 0.3) is 11.0 Å². The minimum atomic E-state index is -0.989. The summed E-state index contributed by atoms with van der Waals surface area (Å²) in [5, 5.41) is 9.33. The highest BCUT2D eigenvalue weighted by Gasteiger charge is 2.16. The zero-order valence-corrected chi connectivity index (χ0v) is 20.0. The molecule has 0 aliphatic heterocycles. The van der Waals surface area contributed by atoms with E-state index in [9.17, 15) is 14.3 Å². The van der Waals surface area contributed by atoms with Crippen molar-refractivity contribution < 1.29 is 19.0 Å². The lowest BCUT2D eigenvalue weighted by Gasteiger charge is -2.13. The minimum absolute atomic E-state index is 0.175. The summed E-state index contributed by atoms with van der Waals surface area (Å²) in [6.45, 7) is 10.4. The number of rotatable bonds is 9. The second kappa shape index (κ2) is 12.8. The first-order chi connectivity index (χ1) is 15.8. The van der Waals surface area contributed by atoms with E-state index < -0.39 is 5.97 Å². The zero-order valence-electron chi connectivity index (χ0n) is 19.2. The van der Waals surface area contributed by atoms with Gasteiger partial charge < -0.3 is 14.4 Å². The van der Waals surface area contributed by atoms with Crippen LogP contribution in [-0.2, 0) is 13.0 Å². The lowest BCUT2D eigenvalue weighted by atomic mass is 10.1. The number of nitrogens with zero attached hydrogens (tertiary/aromatic N) is 2. The average Bonchev–Trinajstić information content (AvgIpc) is 3.11. The molecule has 0 aliphatic rings. The van der Waals surface area contributed by atoms with Gasteiger partial charge in [0.2, 0.25) is 0 Å². The first-order valence-corrected chi connectivity index (χ1v) is 11.3. The van der Waals surface area contributed by atoms with Gasteiger partial charge in [-0.15, -0.1) is 18.2 Å². The Hall–Kier alpha value is -3.12. The van der Waals surface area contributed by atoms with Crippen molar-refractivity contribution >= 4 is 28.6 Å². The summed E-state index contributed by atoms with van der Waals surface area (Å²) in [4.78, 5) is 16.2. The summed E-state index contributed by atoms with van der Waals surface area (Å²) in [5.74, 6) is 0.708. The molecule has 33 heavy (non-hydrogen) atoms. The third-order valence-electron chi connectivity index (χ3n) is 4.90.